The average molecular weight is 1400 g/mol. The Kier molecular flexibility index (Phi) is 22.1. The van der Waals surface area contributed by atoms with Crippen LogP contribution in [0.1, 0.15) is 118 Å². The summed E-state index contributed by atoms with van der Waals surface area (Å²) in [5, 5.41) is 12.6. The predicted octanol–water partition coefficient (Wildman–Crippen LogP) is 12.9. The second kappa shape index (κ2) is 31.6. The molecule has 0 spiro atoms. The molecule has 11 rings (SSSR count). The summed E-state index contributed by atoms with van der Waals surface area (Å²) in [6.07, 6.45) is 2.59. The molecule has 2 aliphatic heterocycles. The molecule has 8 amide bonds. The van der Waals surface area contributed by atoms with Gasteiger partial charge in [0.15, 0.2) is 0 Å². The van der Waals surface area contributed by atoms with E-state index in [0.29, 0.717) is 60.8 Å². The van der Waals surface area contributed by atoms with Crippen LogP contribution in [0, 0.1) is 0 Å². The first kappa shape index (κ1) is 72.8. The maximum absolute atomic E-state index is 15.6. The van der Waals surface area contributed by atoms with Crippen LogP contribution >= 0.6 is 0 Å². The monoisotopic (exact) mass is 1400 g/mol. The zero-order valence-electron chi connectivity index (χ0n) is 58.7. The molecule has 2 aliphatic rings. The van der Waals surface area contributed by atoms with Crippen LogP contribution in [-0.2, 0) is 63.9 Å². The van der Waals surface area contributed by atoms with E-state index in [4.69, 9.17) is 28.4 Å². The van der Waals surface area contributed by atoms with Gasteiger partial charge in [-0.25, -0.2) is 0 Å². The van der Waals surface area contributed by atoms with Crippen molar-refractivity contribution in [2.24, 2.45) is 0 Å². The van der Waals surface area contributed by atoms with Crippen molar-refractivity contribution in [2.75, 3.05) is 52.5 Å². The molecule has 0 bridgehead atoms. The van der Waals surface area contributed by atoms with Gasteiger partial charge in [0, 0.05) is 91.6 Å². The summed E-state index contributed by atoms with van der Waals surface area (Å²) in [5.74, 6) is -5.56. The molecule has 22 heteroatoms. The predicted molar refractivity (Wildman–Crippen MR) is 393 cm³/mol. The number of fused-ring (bicyclic) bond motifs is 2. The van der Waals surface area contributed by atoms with Gasteiger partial charge in [0.25, 0.3) is 23.6 Å². The molecule has 0 radical (unpaired) electrons. The number of hydrogen-bond acceptors (Lipinski definition) is 16. The number of imide groups is 2. The smallest absolute Gasteiger partial charge is 0.326 e. The molecule has 104 heavy (non-hydrogen) atoms. The number of nitrogens with one attached hydrogen (secondary N) is 4. The lowest BCUT2D eigenvalue weighted by molar-refractivity contribution is -0.144. The third-order valence-corrected chi connectivity index (χ3v) is 17.5. The third-order valence-electron chi connectivity index (χ3n) is 17.5. The van der Waals surface area contributed by atoms with E-state index in [9.17, 15) is 28.8 Å². The zero-order valence-corrected chi connectivity index (χ0v) is 58.7. The summed E-state index contributed by atoms with van der Waals surface area (Å²) in [6.45, 7) is 24.6. The molecule has 532 valence electrons. The third kappa shape index (κ3) is 15.7. The van der Waals surface area contributed by atoms with Crippen LogP contribution in [0.15, 0.2) is 170 Å². The number of ether oxygens (including phenoxy) is 6. The maximum Gasteiger partial charge on any atom is 0.326 e. The van der Waals surface area contributed by atoms with Crippen LogP contribution < -0.4 is 40.2 Å². The van der Waals surface area contributed by atoms with Gasteiger partial charge in [0.1, 0.15) is 59.1 Å². The molecular weight excluding hydrogens is 1320 g/mol. The first-order chi connectivity index (χ1) is 49.9. The SMILES string of the molecule is C=C(C)C(=O)NCCc1ccc(Oc2cc3c4c(cc(Oc5ccc(CCNC(=O)C(=C)C)cc5)c5c6c(Oc7ccc(CCNC(=O)C(=C)C)cc7)cc7c8c(cc(Oc9ccc(CCNC(=O)C(=C)C)cc9)c(c2c45)c86)C(=O)N(CC(=O)OCCC)C7=O)C(=O)N(CC(=O)OCCC)C3=O)cc1. The van der Waals surface area contributed by atoms with E-state index in [2.05, 4.69) is 47.6 Å². The topological polar surface area (TPSA) is 281 Å². The average Bonchev–Trinajstić information content (AvgIpc) is 0.672. The van der Waals surface area contributed by atoms with Gasteiger partial charge in [-0.2, -0.15) is 0 Å². The highest BCUT2D eigenvalue weighted by atomic mass is 16.5. The van der Waals surface area contributed by atoms with Crippen molar-refractivity contribution in [3.8, 4) is 46.0 Å². The summed E-state index contributed by atoms with van der Waals surface area (Å²) < 4.78 is 39.5. The van der Waals surface area contributed by atoms with Crippen molar-refractivity contribution in [1.82, 2.24) is 31.1 Å². The Labute approximate surface area is 599 Å². The van der Waals surface area contributed by atoms with E-state index in [1.807, 2.05) is 0 Å². The van der Waals surface area contributed by atoms with Crippen molar-refractivity contribution in [1.29, 1.82) is 0 Å². The maximum atomic E-state index is 15.6. The van der Waals surface area contributed by atoms with Gasteiger partial charge >= 0.3 is 11.9 Å². The molecule has 9 aromatic rings. The lowest BCUT2D eigenvalue weighted by Crippen LogP contribution is -2.44. The van der Waals surface area contributed by atoms with Crippen LogP contribution in [-0.4, -0.2) is 121 Å². The quantitative estimate of drug-likeness (QED) is 0.0100. The highest BCUT2D eigenvalue weighted by Gasteiger charge is 2.43. The fraction of sp³-hybridized carbons (Fsp3) is 0.244. The Morgan fingerprint density at radius 3 is 0.760 bits per heavy atom. The lowest BCUT2D eigenvalue weighted by Gasteiger charge is -2.32. The largest absolute Gasteiger partial charge is 0.464 e. The minimum Gasteiger partial charge on any atom is -0.464 e. The van der Waals surface area contributed by atoms with E-state index in [1.165, 1.54) is 24.3 Å². The molecule has 22 nitrogen and oxygen atoms in total. The van der Waals surface area contributed by atoms with Gasteiger partial charge in [0.2, 0.25) is 23.6 Å². The number of hydrogen-bond donors (Lipinski definition) is 4. The Balaban J connectivity index is 1.24. The summed E-state index contributed by atoms with van der Waals surface area (Å²) in [5.41, 5.74) is 4.31. The lowest BCUT2D eigenvalue weighted by atomic mass is 9.80. The van der Waals surface area contributed by atoms with Crippen molar-refractivity contribution in [2.45, 2.75) is 80.1 Å². The van der Waals surface area contributed by atoms with Crippen LogP contribution in [0.3, 0.4) is 0 Å². The minimum absolute atomic E-state index is 0.0109. The van der Waals surface area contributed by atoms with Crippen molar-refractivity contribution in [3.63, 3.8) is 0 Å². The number of rotatable bonds is 32. The van der Waals surface area contributed by atoms with Gasteiger partial charge in [-0.1, -0.05) is 88.7 Å². The normalized spacial score (nSPS) is 12.3. The van der Waals surface area contributed by atoms with Crippen molar-refractivity contribution < 1.29 is 76.4 Å². The Bertz CT molecular complexity index is 4440. The number of carbonyl (C=O) groups is 10. The Morgan fingerprint density at radius 2 is 0.558 bits per heavy atom. The second-order valence-electron chi connectivity index (χ2n) is 25.7. The standard InChI is InChI=1S/C82H78N6O16/c1-11-37-99-65(89)43-87-79(95)57-39-61(101-53-21-13-49(14-22-53)29-33-83-75(91)45(3)4)69-71-63(103-55-25-17-51(18-26-55)31-35-85-77(93)47(7)8)41-59-68-60(82(98)88(81(59)97)44-66(90)100-38-12-2)42-64(104-56-27-19-52(20-28-56)32-36-86-78(94)48(9)10)72(74(68)71)70-62(40-58(80(87)96)67(57)73(69)70)102-54-23-15-50(16-24-54)30-34-84-76(92)46(5)6/h13-28,39-42H,3,5,7,9,11-12,29-38,43-44H2,1-2,4,6,8,10H3,(H,83,91)(H,84,92)(H,85,93)(H,86,94). The molecule has 9 aromatic carbocycles. The van der Waals surface area contributed by atoms with Crippen molar-refractivity contribution in [3.05, 3.63) is 214 Å². The molecular formula is C82H78N6O16. The second-order valence-corrected chi connectivity index (χ2v) is 25.7. The van der Waals surface area contributed by atoms with Crippen LogP contribution in [0.2, 0.25) is 0 Å². The van der Waals surface area contributed by atoms with E-state index >= 15 is 19.2 Å². The van der Waals surface area contributed by atoms with Crippen molar-refractivity contribution >= 4 is 102 Å². The number of benzene rings is 9. The molecule has 0 aliphatic carbocycles. The summed E-state index contributed by atoms with van der Waals surface area (Å²) in [7, 11) is 0. The molecule has 0 saturated heterocycles. The zero-order chi connectivity index (χ0) is 74.2. The van der Waals surface area contributed by atoms with Crippen LogP contribution in [0.25, 0.3) is 43.1 Å². The van der Waals surface area contributed by atoms with E-state index in [0.717, 1.165) is 32.1 Å². The van der Waals surface area contributed by atoms with Gasteiger partial charge in [-0.15, -0.1) is 0 Å². The molecule has 0 aromatic heterocycles. The molecule has 0 saturated carbocycles. The number of amides is 8. The number of carbonyl (C=O) groups excluding carboxylic acids is 10. The number of nitrogens with zero attached hydrogens (tertiary/aromatic N) is 2. The molecule has 2 heterocycles. The van der Waals surface area contributed by atoms with E-state index in [-0.39, 0.29) is 174 Å². The Hall–Kier alpha value is -12.5. The van der Waals surface area contributed by atoms with Gasteiger partial charge in [-0.3, -0.25) is 57.7 Å². The fourth-order valence-corrected chi connectivity index (χ4v) is 12.3. The van der Waals surface area contributed by atoms with Crippen LogP contribution in [0.4, 0.5) is 0 Å². The van der Waals surface area contributed by atoms with Gasteiger partial charge in [0.05, 0.1) is 35.5 Å². The van der Waals surface area contributed by atoms with Crippen LogP contribution in [0.5, 0.6) is 46.0 Å². The number of esters is 2. The summed E-state index contributed by atoms with van der Waals surface area (Å²) in [4.78, 5) is 141. The highest BCUT2D eigenvalue weighted by molar-refractivity contribution is 6.45. The minimum atomic E-state index is -0.884. The molecule has 0 fully saturated rings. The first-order valence-corrected chi connectivity index (χ1v) is 34.1. The molecule has 0 atom stereocenters. The molecule has 4 N–H and O–H groups in total. The summed E-state index contributed by atoms with van der Waals surface area (Å²) in [6, 6.07) is 33.9. The highest BCUT2D eigenvalue weighted by Crippen LogP contribution is 2.58. The Morgan fingerprint density at radius 1 is 0.337 bits per heavy atom. The first-order valence-electron chi connectivity index (χ1n) is 34.1. The van der Waals surface area contributed by atoms with E-state index < -0.39 is 48.7 Å². The van der Waals surface area contributed by atoms with Gasteiger partial charge in [-0.05, 0) is 161 Å². The fourth-order valence-electron chi connectivity index (χ4n) is 12.3. The van der Waals surface area contributed by atoms with Gasteiger partial charge < -0.3 is 49.7 Å². The van der Waals surface area contributed by atoms with E-state index in [1.54, 1.807) is 139 Å². The summed E-state index contributed by atoms with van der Waals surface area (Å²) >= 11 is 0. The molecule has 0 unspecified atom stereocenters.